The van der Waals surface area contributed by atoms with E-state index in [4.69, 9.17) is 0 Å². The highest BCUT2D eigenvalue weighted by molar-refractivity contribution is 7.94. The molecule has 0 radical (unpaired) electrons. The predicted molar refractivity (Wildman–Crippen MR) is 468 cm³/mol. The fourth-order valence-corrected chi connectivity index (χ4v) is 26.1. The minimum Gasteiger partial charge on any atom is -0.345 e. The second kappa shape index (κ2) is 37.7. The van der Waals surface area contributed by atoms with Gasteiger partial charge in [-0.2, -0.15) is 0 Å². The number of sulfone groups is 3. The molecule has 5 aromatic heterocycles. The highest BCUT2D eigenvalue weighted by Crippen LogP contribution is 2.40. The Bertz CT molecular complexity index is 5770. The summed E-state index contributed by atoms with van der Waals surface area (Å²) in [5.41, 5.74) is 18.5. The zero-order valence-corrected chi connectivity index (χ0v) is 75.1. The summed E-state index contributed by atoms with van der Waals surface area (Å²) in [6.07, 6.45) is 17.6. The summed E-state index contributed by atoms with van der Waals surface area (Å²) < 4.78 is 123. The second-order valence-corrected chi connectivity index (χ2v) is 47.1. The molecule has 1 saturated carbocycles. The number of aryl methyl sites for hydroxylation is 10. The molecule has 6 aliphatic rings. The highest BCUT2D eigenvalue weighted by atomic mass is 32.3. The monoisotopic (exact) mass is 1790 g/mol. The summed E-state index contributed by atoms with van der Waals surface area (Å²) in [6.45, 7) is 10.3. The van der Waals surface area contributed by atoms with Crippen LogP contribution >= 0.6 is 56.7 Å². The number of amides is 5. The molecule has 5 aromatic carbocycles. The lowest BCUT2D eigenvalue weighted by Crippen LogP contribution is -2.30. The van der Waals surface area contributed by atoms with E-state index in [1.54, 1.807) is 36.4 Å². The maximum atomic E-state index is 12.5. The molecule has 0 unspecified atom stereocenters. The molecule has 7 N–H and O–H groups in total. The lowest BCUT2D eigenvalue weighted by Gasteiger charge is -2.26. The zero-order chi connectivity index (χ0) is 84.8. The Kier molecular flexibility index (Phi) is 28.4. The highest BCUT2D eigenvalue weighted by Gasteiger charge is 2.39. The molecule has 22 nitrogen and oxygen atoms in total. The van der Waals surface area contributed by atoms with Gasteiger partial charge in [0, 0.05) is 12.5 Å². The molecule has 5 amide bonds. The van der Waals surface area contributed by atoms with Crippen molar-refractivity contribution in [1.29, 1.82) is 0 Å². The van der Waals surface area contributed by atoms with E-state index in [1.165, 1.54) is 122 Å². The van der Waals surface area contributed by atoms with Crippen LogP contribution < -0.4 is 36.0 Å². The number of benzene rings is 5. The number of fused-ring (bicyclic) bond motifs is 5. The van der Waals surface area contributed by atoms with Gasteiger partial charge in [-0.05, 0) is 268 Å². The molecule has 32 heteroatoms. The first-order valence-corrected chi connectivity index (χ1v) is 51.3. The number of nitrogens with one attached hydrogen (secondary N) is 7. The molecule has 5 heterocycles. The maximum Gasteiger partial charge on any atom is 0.261 e. The Labute approximate surface area is 711 Å². The molecule has 0 bridgehead atoms. The van der Waals surface area contributed by atoms with E-state index < -0.39 is 49.6 Å². The summed E-state index contributed by atoms with van der Waals surface area (Å²) in [6, 6.07) is 47.0. The first kappa shape index (κ1) is 88.9. The van der Waals surface area contributed by atoms with Crippen molar-refractivity contribution in [3.8, 4) is 0 Å². The van der Waals surface area contributed by atoms with Gasteiger partial charge in [-0.25, -0.2) is 51.5 Å². The molecule has 16 rings (SSSR count). The minimum absolute atomic E-state index is 0.00404. The number of rotatable bonds is 18. The van der Waals surface area contributed by atoms with Crippen LogP contribution in [0.1, 0.15) is 233 Å². The second-order valence-electron chi connectivity index (χ2n) is 30.5. The van der Waals surface area contributed by atoms with Crippen LogP contribution in [0.2, 0.25) is 0 Å². The Morgan fingerprint density at radius 1 is 0.288 bits per heavy atom. The summed E-state index contributed by atoms with van der Waals surface area (Å²) in [7, 11) is -14.1. The summed E-state index contributed by atoms with van der Waals surface area (Å²) in [5.74, 6) is -1.05. The van der Waals surface area contributed by atoms with Gasteiger partial charge in [-0.1, -0.05) is 119 Å². The Balaban J connectivity index is 0.000000136. The quantitative estimate of drug-likeness (QED) is 0.0420. The van der Waals surface area contributed by atoms with Gasteiger partial charge in [0.2, 0.25) is 20.0 Å². The number of hydrogen-bond donors (Lipinski definition) is 7. The molecule has 10 aromatic rings. The number of thiophene rings is 5. The van der Waals surface area contributed by atoms with Gasteiger partial charge in [0.05, 0.1) is 59.8 Å². The van der Waals surface area contributed by atoms with Gasteiger partial charge in [0.1, 0.15) is 21.0 Å². The van der Waals surface area contributed by atoms with Crippen molar-refractivity contribution < 1.29 is 66.1 Å². The largest absolute Gasteiger partial charge is 0.345 e. The Morgan fingerprint density at radius 3 is 0.763 bits per heavy atom. The topological polar surface area (TPSA) is 340 Å². The molecule has 0 spiro atoms. The van der Waals surface area contributed by atoms with Crippen LogP contribution in [0, 0.1) is 34.6 Å². The third-order valence-corrected chi connectivity index (χ3v) is 37.1. The van der Waals surface area contributed by atoms with Gasteiger partial charge < -0.3 is 26.6 Å². The average molecular weight is 1790 g/mol. The van der Waals surface area contributed by atoms with E-state index in [2.05, 4.69) is 162 Å². The number of sulfonamides is 2. The zero-order valence-electron chi connectivity index (χ0n) is 66.9. The van der Waals surface area contributed by atoms with E-state index in [9.17, 15) is 66.1 Å². The van der Waals surface area contributed by atoms with Crippen LogP contribution in [0.25, 0.3) is 0 Å². The molecule has 0 aliphatic heterocycles. The molecular weight excluding hydrogens is 1690 g/mol. The number of carbonyl (C=O) groups is 5. The van der Waals surface area contributed by atoms with Crippen molar-refractivity contribution in [3.63, 3.8) is 0 Å². The Morgan fingerprint density at radius 2 is 0.517 bits per heavy atom. The van der Waals surface area contributed by atoms with Gasteiger partial charge in [-0.15, -0.1) is 56.7 Å². The molecule has 0 saturated heterocycles. The lowest BCUT2D eigenvalue weighted by molar-refractivity contribution is 0.0928. The number of carbonyl (C=O) groups excluding carboxylic acids is 5. The van der Waals surface area contributed by atoms with E-state index in [0.29, 0.717) is 28.6 Å². The van der Waals surface area contributed by atoms with Crippen molar-refractivity contribution in [2.24, 2.45) is 0 Å². The van der Waals surface area contributed by atoms with Crippen molar-refractivity contribution in [1.82, 2.24) is 36.0 Å². The van der Waals surface area contributed by atoms with Crippen molar-refractivity contribution in [2.75, 3.05) is 26.6 Å². The van der Waals surface area contributed by atoms with Crippen LogP contribution in [0.3, 0.4) is 0 Å². The van der Waals surface area contributed by atoms with Gasteiger partial charge in [-0.3, -0.25) is 24.0 Å². The standard InChI is InChI=1S/C18H19NO3S2.2C17H20N2O3S2.2C17H19NO3S2/c1-11-2-6-14-12(10-11)3-7-15(14)19-18(20)16-8-9-17(23-16)24(21,22)13-4-5-13;2*1-11-6-7-13-12(10-11)4-3-5-14(13)19-17(20)15-8-9-16(23-15)24(21,22)18-2;2*1-11-6-7-13-12(10-11)4-3-5-14(13)18-17(19)15-8-9-16(22-15)23(2,20)21/h2,6,8-10,13,15H,3-5,7H2,1H3,(H,19,20);2*6-10,14,18H,3-5H2,1-2H3,(H,19,20);2*6-10,14H,3-5H2,1-2H3,(H,18,19)/t15-;4*14-/m11010/s1. The predicted octanol–water partition coefficient (Wildman–Crippen LogP) is 15.5. The molecule has 5 atom stereocenters. The van der Waals surface area contributed by atoms with E-state index in [0.717, 1.165) is 172 Å². The van der Waals surface area contributed by atoms with E-state index in [-0.39, 0.29) is 81.8 Å². The van der Waals surface area contributed by atoms with Crippen LogP contribution in [0.4, 0.5) is 0 Å². The molecule has 6 aliphatic carbocycles. The molecule has 626 valence electrons. The third kappa shape index (κ3) is 22.0. The first-order valence-electron chi connectivity index (χ1n) is 39.0. The van der Waals surface area contributed by atoms with Crippen molar-refractivity contribution in [2.45, 2.75) is 194 Å². The summed E-state index contributed by atoms with van der Waals surface area (Å²) in [4.78, 5) is 64.5. The fraction of sp³-hybridized carbons (Fsp3) is 0.360. The Hall–Kier alpha value is -8.38. The average Bonchev–Trinajstić information content (AvgIpc) is 1.60. The SMILES string of the molecule is CNS(=O)(=O)c1ccc(C(=O)N[C@@H]2CCCc3cc(C)ccc32)s1.CNS(=O)(=O)c1ccc(C(=O)N[C@H]2CCCc3cc(C)ccc32)s1.Cc1ccc2c(c1)CCC[C@@H]2NC(=O)c1ccc(S(C)(=O)=O)s1.Cc1ccc2c(c1)CCC[C@H]2NC(=O)c1ccc(S(C)(=O)=O)s1.Cc1ccc2c(c1)CC[C@H]2NC(=O)c1ccc(S(=O)(=O)C2CC2)s1. The van der Waals surface area contributed by atoms with E-state index >= 15 is 0 Å². The molecular formula is C86H97N7O15S10. The normalized spacial score (nSPS) is 18.0. The molecule has 118 heavy (non-hydrogen) atoms. The smallest absolute Gasteiger partial charge is 0.261 e. The maximum absolute atomic E-state index is 12.5. The van der Waals surface area contributed by atoms with Crippen LogP contribution in [-0.2, 0) is 81.7 Å². The lowest BCUT2D eigenvalue weighted by atomic mass is 9.86. The fourth-order valence-electron chi connectivity index (χ4n) is 15.2. The van der Waals surface area contributed by atoms with E-state index in [1.807, 2.05) is 0 Å². The van der Waals surface area contributed by atoms with Crippen LogP contribution in [0.5, 0.6) is 0 Å². The van der Waals surface area contributed by atoms with Gasteiger partial charge in [0.15, 0.2) is 29.5 Å². The summed E-state index contributed by atoms with van der Waals surface area (Å²) >= 11 is 5.09. The van der Waals surface area contributed by atoms with Crippen molar-refractivity contribution in [3.05, 3.63) is 259 Å². The van der Waals surface area contributed by atoms with Crippen LogP contribution in [0.15, 0.2) is 173 Å². The first-order chi connectivity index (χ1) is 55.9. The van der Waals surface area contributed by atoms with Crippen molar-refractivity contribution >= 4 is 136 Å². The number of hydrogen-bond acceptors (Lipinski definition) is 20. The molecule has 1 fully saturated rings. The van der Waals surface area contributed by atoms with Crippen LogP contribution in [-0.4, -0.2) is 103 Å². The van der Waals surface area contributed by atoms with Gasteiger partial charge >= 0.3 is 0 Å². The third-order valence-electron chi connectivity index (χ3n) is 21.4. The minimum atomic E-state index is -3.51. The van der Waals surface area contributed by atoms with Gasteiger partial charge in [0.25, 0.3) is 29.5 Å². The summed E-state index contributed by atoms with van der Waals surface area (Å²) in [5, 5.41) is 15.0.